The Bertz CT molecular complexity index is 796. The number of esters is 1. The first kappa shape index (κ1) is 21.4. The molecule has 0 aliphatic carbocycles. The van der Waals surface area contributed by atoms with Crippen molar-refractivity contribution >= 4 is 34.9 Å². The lowest BCUT2D eigenvalue weighted by molar-refractivity contribution is -0.144. The molecule has 2 aromatic rings. The lowest BCUT2D eigenvalue weighted by Crippen LogP contribution is -2.34. The first-order valence-corrected chi connectivity index (χ1v) is 9.51. The van der Waals surface area contributed by atoms with E-state index in [9.17, 15) is 9.59 Å². The van der Waals surface area contributed by atoms with Crippen LogP contribution >= 0.6 is 12.2 Å². The van der Waals surface area contributed by atoms with Crippen LogP contribution in [0.2, 0.25) is 0 Å². The summed E-state index contributed by atoms with van der Waals surface area (Å²) in [5.74, 6) is -0.0484. The monoisotopic (exact) mass is 400 g/mol. The third-order valence-electron chi connectivity index (χ3n) is 3.71. The fraction of sp³-hybridized carbons (Fsp3) is 0.286. The number of hydrogen-bond donors (Lipinski definition) is 2. The molecule has 0 spiro atoms. The molecule has 1 amide bonds. The van der Waals surface area contributed by atoms with Gasteiger partial charge in [-0.1, -0.05) is 36.4 Å². The van der Waals surface area contributed by atoms with Crippen LogP contribution in [0.15, 0.2) is 54.6 Å². The number of hydrogen-bond acceptors (Lipinski definition) is 5. The first-order valence-electron chi connectivity index (χ1n) is 9.10. The molecule has 6 nitrogen and oxygen atoms in total. The third kappa shape index (κ3) is 8.18. The minimum Gasteiger partial charge on any atom is -0.494 e. The van der Waals surface area contributed by atoms with Crippen molar-refractivity contribution in [2.75, 3.05) is 18.5 Å². The molecule has 0 heterocycles. The number of rotatable bonds is 9. The van der Waals surface area contributed by atoms with Gasteiger partial charge in [-0.3, -0.25) is 9.59 Å². The summed E-state index contributed by atoms with van der Waals surface area (Å²) in [5, 5.41) is 5.63. The molecule has 0 aliphatic rings. The predicted molar refractivity (Wildman–Crippen MR) is 112 cm³/mol. The van der Waals surface area contributed by atoms with Crippen molar-refractivity contribution in [2.45, 2.75) is 26.2 Å². The molecule has 148 valence electrons. The maximum atomic E-state index is 11.9. The van der Waals surface area contributed by atoms with Gasteiger partial charge in [0.25, 0.3) is 0 Å². The van der Waals surface area contributed by atoms with E-state index in [1.165, 1.54) is 0 Å². The fourth-order valence-corrected chi connectivity index (χ4v) is 2.63. The van der Waals surface area contributed by atoms with Crippen LogP contribution in [0.1, 0.15) is 25.3 Å². The largest absolute Gasteiger partial charge is 0.494 e. The number of nitrogens with one attached hydrogen (secondary N) is 2. The molecule has 0 saturated heterocycles. The van der Waals surface area contributed by atoms with Crippen LogP contribution in [-0.2, 0) is 20.7 Å². The molecule has 0 fully saturated rings. The number of thiocarbonyl (C=S) groups is 1. The molecule has 7 heteroatoms. The van der Waals surface area contributed by atoms with Gasteiger partial charge in [0.2, 0.25) is 5.91 Å². The molecular formula is C21H24N2O4S. The Morgan fingerprint density at radius 1 is 1.04 bits per heavy atom. The summed E-state index contributed by atoms with van der Waals surface area (Å²) in [7, 11) is 0. The van der Waals surface area contributed by atoms with Gasteiger partial charge < -0.3 is 20.1 Å². The van der Waals surface area contributed by atoms with Crippen LogP contribution in [0, 0.1) is 0 Å². The van der Waals surface area contributed by atoms with Gasteiger partial charge in [-0.05, 0) is 36.8 Å². The highest BCUT2D eigenvalue weighted by molar-refractivity contribution is 7.80. The number of anilines is 1. The molecule has 28 heavy (non-hydrogen) atoms. The number of amides is 1. The van der Waals surface area contributed by atoms with E-state index in [0.717, 1.165) is 5.56 Å². The normalized spacial score (nSPS) is 10.0. The van der Waals surface area contributed by atoms with Crippen LogP contribution in [0.4, 0.5) is 5.69 Å². The maximum absolute atomic E-state index is 11.9. The Balaban J connectivity index is 1.65. The van der Waals surface area contributed by atoms with Crippen LogP contribution in [0.3, 0.4) is 0 Å². The quantitative estimate of drug-likeness (QED) is 0.496. The highest BCUT2D eigenvalue weighted by Gasteiger charge is 2.10. The Morgan fingerprint density at radius 2 is 1.82 bits per heavy atom. The second kappa shape index (κ2) is 11.7. The van der Waals surface area contributed by atoms with Crippen molar-refractivity contribution in [2.24, 2.45) is 0 Å². The second-order valence-corrected chi connectivity index (χ2v) is 6.33. The van der Waals surface area contributed by atoms with Crippen LogP contribution < -0.4 is 15.4 Å². The average molecular weight is 401 g/mol. The molecule has 2 aromatic carbocycles. The Labute approximate surface area is 170 Å². The van der Waals surface area contributed by atoms with Gasteiger partial charge in [-0.15, -0.1) is 0 Å². The average Bonchev–Trinajstić information content (AvgIpc) is 2.68. The topological polar surface area (TPSA) is 76.7 Å². The SMILES string of the molecule is CCOc1cccc(NC(=S)NC(=O)CCC(=O)OCCc2ccccc2)c1. The van der Waals surface area contributed by atoms with Gasteiger partial charge in [0.05, 0.1) is 19.6 Å². The summed E-state index contributed by atoms with van der Waals surface area (Å²) < 4.78 is 10.6. The molecular weight excluding hydrogens is 376 g/mol. The molecule has 0 saturated carbocycles. The van der Waals surface area contributed by atoms with Crippen LogP contribution in [0.25, 0.3) is 0 Å². The zero-order valence-electron chi connectivity index (χ0n) is 15.8. The molecule has 2 N–H and O–H groups in total. The number of carbonyl (C=O) groups excluding carboxylic acids is 2. The van der Waals surface area contributed by atoms with E-state index in [2.05, 4.69) is 10.6 Å². The minimum atomic E-state index is -0.408. The number of carbonyl (C=O) groups is 2. The molecule has 0 aromatic heterocycles. The maximum Gasteiger partial charge on any atom is 0.306 e. The van der Waals surface area contributed by atoms with Crippen molar-refractivity contribution in [1.29, 1.82) is 0 Å². The van der Waals surface area contributed by atoms with E-state index < -0.39 is 5.97 Å². The lowest BCUT2D eigenvalue weighted by Gasteiger charge is -2.11. The summed E-state index contributed by atoms with van der Waals surface area (Å²) in [5.41, 5.74) is 1.80. The first-order chi connectivity index (χ1) is 13.6. The minimum absolute atomic E-state index is 0.00304. The van der Waals surface area contributed by atoms with Gasteiger partial charge >= 0.3 is 5.97 Å². The predicted octanol–water partition coefficient (Wildman–Crippen LogP) is 3.46. The van der Waals surface area contributed by atoms with Crippen molar-refractivity contribution < 1.29 is 19.1 Å². The standard InChI is InChI=1S/C21H24N2O4S/c1-2-26-18-10-6-9-17(15-18)22-21(28)23-19(24)11-12-20(25)27-14-13-16-7-4-3-5-8-16/h3-10,15H,2,11-14H2,1H3,(H2,22,23,24,28). The molecule has 0 bridgehead atoms. The summed E-state index contributed by atoms with van der Waals surface area (Å²) in [4.78, 5) is 23.7. The van der Waals surface area contributed by atoms with Gasteiger partial charge in [0.1, 0.15) is 5.75 Å². The Hall–Kier alpha value is -2.93. The lowest BCUT2D eigenvalue weighted by atomic mass is 10.2. The fourth-order valence-electron chi connectivity index (χ4n) is 2.40. The highest BCUT2D eigenvalue weighted by atomic mass is 32.1. The van der Waals surface area contributed by atoms with Crippen molar-refractivity contribution in [3.05, 3.63) is 60.2 Å². The molecule has 0 aliphatic heterocycles. The number of benzene rings is 2. The summed E-state index contributed by atoms with van der Waals surface area (Å²) >= 11 is 5.12. The van der Waals surface area contributed by atoms with Gasteiger partial charge in [-0.2, -0.15) is 0 Å². The summed E-state index contributed by atoms with van der Waals surface area (Å²) in [6, 6.07) is 17.0. The van der Waals surface area contributed by atoms with Gasteiger partial charge in [0.15, 0.2) is 5.11 Å². The molecule has 0 unspecified atom stereocenters. The zero-order chi connectivity index (χ0) is 20.2. The molecule has 0 atom stereocenters. The second-order valence-electron chi connectivity index (χ2n) is 5.92. The Morgan fingerprint density at radius 3 is 2.57 bits per heavy atom. The number of ether oxygens (including phenoxy) is 2. The summed E-state index contributed by atoms with van der Waals surface area (Å²) in [6.45, 7) is 2.75. The highest BCUT2D eigenvalue weighted by Crippen LogP contribution is 2.17. The smallest absolute Gasteiger partial charge is 0.306 e. The zero-order valence-corrected chi connectivity index (χ0v) is 16.6. The third-order valence-corrected chi connectivity index (χ3v) is 3.91. The summed E-state index contributed by atoms with van der Waals surface area (Å²) in [6.07, 6.45) is 0.654. The van der Waals surface area contributed by atoms with Gasteiger partial charge in [-0.25, -0.2) is 0 Å². The van der Waals surface area contributed by atoms with E-state index in [4.69, 9.17) is 21.7 Å². The van der Waals surface area contributed by atoms with E-state index in [-0.39, 0.29) is 23.9 Å². The van der Waals surface area contributed by atoms with E-state index >= 15 is 0 Å². The van der Waals surface area contributed by atoms with E-state index in [1.807, 2.05) is 55.5 Å². The van der Waals surface area contributed by atoms with E-state index in [1.54, 1.807) is 6.07 Å². The van der Waals surface area contributed by atoms with Gasteiger partial charge in [0, 0.05) is 24.6 Å². The van der Waals surface area contributed by atoms with Crippen molar-refractivity contribution in [1.82, 2.24) is 5.32 Å². The molecule has 0 radical (unpaired) electrons. The van der Waals surface area contributed by atoms with Crippen LogP contribution in [-0.4, -0.2) is 30.2 Å². The van der Waals surface area contributed by atoms with Crippen LogP contribution in [0.5, 0.6) is 5.75 Å². The van der Waals surface area contributed by atoms with E-state index in [0.29, 0.717) is 31.1 Å². The van der Waals surface area contributed by atoms with Crippen molar-refractivity contribution in [3.8, 4) is 5.75 Å². The Kier molecular flexibility index (Phi) is 8.94. The van der Waals surface area contributed by atoms with Crippen molar-refractivity contribution in [3.63, 3.8) is 0 Å². The molecule has 2 rings (SSSR count).